The predicted molar refractivity (Wildman–Crippen MR) is 95.8 cm³/mol. The summed E-state index contributed by atoms with van der Waals surface area (Å²) >= 11 is 0. The Balaban J connectivity index is 1.76. The Morgan fingerprint density at radius 1 is 1.29 bits per heavy atom. The van der Waals surface area contributed by atoms with Gasteiger partial charge in [-0.25, -0.2) is 0 Å². The van der Waals surface area contributed by atoms with E-state index < -0.39 is 5.60 Å². The molecule has 5 heteroatoms. The van der Waals surface area contributed by atoms with Crippen molar-refractivity contribution < 1.29 is 9.84 Å². The van der Waals surface area contributed by atoms with Gasteiger partial charge in [0, 0.05) is 43.4 Å². The Hall–Kier alpha value is -1.72. The fraction of sp³-hybridized carbons (Fsp3) is 0.579. The van der Waals surface area contributed by atoms with E-state index >= 15 is 0 Å². The highest BCUT2D eigenvalue weighted by molar-refractivity contribution is 5.77. The molecule has 1 saturated heterocycles. The molecule has 0 aliphatic carbocycles. The van der Waals surface area contributed by atoms with E-state index in [4.69, 9.17) is 4.74 Å². The fourth-order valence-electron chi connectivity index (χ4n) is 3.20. The van der Waals surface area contributed by atoms with Crippen molar-refractivity contribution in [2.75, 3.05) is 26.3 Å². The average Bonchev–Trinajstić information content (AvgIpc) is 2.55. The number of rotatable bonds is 4. The topological polar surface area (TPSA) is 58.0 Å². The van der Waals surface area contributed by atoms with Crippen molar-refractivity contribution in [3.8, 4) is 0 Å². The molecule has 3 heterocycles. The molecule has 1 N–H and O–H groups in total. The normalized spacial score (nSPS) is 19.5. The van der Waals surface area contributed by atoms with Crippen molar-refractivity contribution in [1.29, 1.82) is 0 Å². The molecule has 1 aromatic heterocycles. The zero-order chi connectivity index (χ0) is 17.2. The molecule has 130 valence electrons. The minimum absolute atomic E-state index is 0.684. The third-order valence-corrected chi connectivity index (χ3v) is 4.67. The Morgan fingerprint density at radius 3 is 2.71 bits per heavy atom. The molecule has 2 aliphatic heterocycles. The third kappa shape index (κ3) is 4.02. The molecule has 24 heavy (non-hydrogen) atoms. The van der Waals surface area contributed by atoms with Crippen LogP contribution in [0.3, 0.4) is 0 Å². The minimum atomic E-state index is -0.928. The molecule has 3 rings (SSSR count). The molecule has 0 saturated carbocycles. The van der Waals surface area contributed by atoms with E-state index in [1.165, 1.54) is 0 Å². The molecule has 0 aromatic carbocycles. The van der Waals surface area contributed by atoms with Crippen LogP contribution >= 0.6 is 0 Å². The number of aliphatic imine (C=N–C) groups is 1. The quantitative estimate of drug-likeness (QED) is 0.923. The smallest absolute Gasteiger partial charge is 0.101 e. The lowest BCUT2D eigenvalue weighted by molar-refractivity contribution is 0.0591. The van der Waals surface area contributed by atoms with Gasteiger partial charge in [0.2, 0.25) is 0 Å². The van der Waals surface area contributed by atoms with Crippen LogP contribution in [0.1, 0.15) is 43.6 Å². The summed E-state index contributed by atoms with van der Waals surface area (Å²) in [7, 11) is 0. The molecule has 2 aliphatic rings. The molecule has 0 unspecified atom stereocenters. The van der Waals surface area contributed by atoms with Crippen LogP contribution < -0.4 is 0 Å². The van der Waals surface area contributed by atoms with E-state index in [1.54, 1.807) is 13.8 Å². The summed E-state index contributed by atoms with van der Waals surface area (Å²) in [6.07, 6.45) is 6.39. The summed E-state index contributed by atoms with van der Waals surface area (Å²) in [5.41, 5.74) is 2.62. The van der Waals surface area contributed by atoms with E-state index in [0.717, 1.165) is 56.1 Å². The summed E-state index contributed by atoms with van der Waals surface area (Å²) < 4.78 is 5.44. The second kappa shape index (κ2) is 7.03. The fourth-order valence-corrected chi connectivity index (χ4v) is 3.20. The number of hydrogen-bond donors (Lipinski definition) is 1. The van der Waals surface area contributed by atoms with Crippen molar-refractivity contribution in [2.24, 2.45) is 10.9 Å². The van der Waals surface area contributed by atoms with Crippen molar-refractivity contribution >= 4 is 11.9 Å². The summed E-state index contributed by atoms with van der Waals surface area (Å²) in [4.78, 5) is 11.5. The summed E-state index contributed by atoms with van der Waals surface area (Å²) in [6, 6.07) is 3.90. The second-order valence-corrected chi connectivity index (χ2v) is 7.22. The maximum atomic E-state index is 10.1. The van der Waals surface area contributed by atoms with Crippen molar-refractivity contribution in [2.45, 2.75) is 39.2 Å². The van der Waals surface area contributed by atoms with Crippen LogP contribution in [-0.2, 0) is 10.3 Å². The maximum absolute atomic E-state index is 10.1. The van der Waals surface area contributed by atoms with Gasteiger partial charge in [-0.2, -0.15) is 0 Å². The third-order valence-electron chi connectivity index (χ3n) is 4.67. The van der Waals surface area contributed by atoms with Gasteiger partial charge in [-0.05, 0) is 51.7 Å². The van der Waals surface area contributed by atoms with Gasteiger partial charge < -0.3 is 14.7 Å². The Morgan fingerprint density at radius 2 is 2.04 bits per heavy atom. The van der Waals surface area contributed by atoms with Gasteiger partial charge in [-0.15, -0.1) is 0 Å². The monoisotopic (exact) mass is 329 g/mol. The molecular weight excluding hydrogens is 302 g/mol. The van der Waals surface area contributed by atoms with Crippen LogP contribution in [0.15, 0.2) is 23.3 Å². The summed E-state index contributed by atoms with van der Waals surface area (Å²) in [5.74, 6) is 0.694. The van der Waals surface area contributed by atoms with Gasteiger partial charge >= 0.3 is 0 Å². The number of hydrogen-bond acceptors (Lipinski definition) is 5. The lowest BCUT2D eigenvalue weighted by atomic mass is 9.99. The Labute approximate surface area is 144 Å². The van der Waals surface area contributed by atoms with Crippen molar-refractivity contribution in [3.05, 3.63) is 35.3 Å². The van der Waals surface area contributed by atoms with Crippen LogP contribution in [-0.4, -0.2) is 47.5 Å². The molecule has 0 amide bonds. The number of ether oxygens (including phenoxy) is 1. The highest BCUT2D eigenvalue weighted by Gasteiger charge is 2.21. The summed E-state index contributed by atoms with van der Waals surface area (Å²) in [6.45, 7) is 9.14. The molecule has 0 atom stereocenters. The lowest BCUT2D eigenvalue weighted by Gasteiger charge is -2.30. The van der Waals surface area contributed by atoms with E-state index in [-0.39, 0.29) is 0 Å². The first-order chi connectivity index (χ1) is 11.4. The summed E-state index contributed by atoms with van der Waals surface area (Å²) in [5, 5.41) is 10.1. The van der Waals surface area contributed by atoms with Gasteiger partial charge in [0.1, 0.15) is 5.60 Å². The molecule has 5 nitrogen and oxygen atoms in total. The SMILES string of the molecule is Cc1nc(C(C)(C)O)ccc1C1=CN(CC2CCOCC2)CC=N1. The molecule has 0 radical (unpaired) electrons. The largest absolute Gasteiger partial charge is 0.384 e. The molecular formula is C19H27N3O2. The standard InChI is InChI=1S/C19H27N3O2/c1-14-16(4-5-18(21-14)19(2,3)23)17-13-22(9-8-20-17)12-15-6-10-24-11-7-15/h4-5,8,13,15,23H,6-7,9-12H2,1-3H3. The van der Waals surface area contributed by atoms with E-state index in [9.17, 15) is 5.11 Å². The molecule has 0 spiro atoms. The first kappa shape index (κ1) is 17.1. The number of aromatic nitrogens is 1. The van der Waals surface area contributed by atoms with Crippen LogP contribution in [0.4, 0.5) is 0 Å². The zero-order valence-electron chi connectivity index (χ0n) is 14.8. The molecule has 1 aromatic rings. The first-order valence-electron chi connectivity index (χ1n) is 8.70. The van der Waals surface area contributed by atoms with Gasteiger partial charge in [0.15, 0.2) is 0 Å². The Bertz CT molecular complexity index is 641. The zero-order valence-corrected chi connectivity index (χ0v) is 14.8. The molecule has 0 bridgehead atoms. The van der Waals surface area contributed by atoms with Crippen molar-refractivity contribution in [3.63, 3.8) is 0 Å². The number of aliphatic hydroxyl groups is 1. The van der Waals surface area contributed by atoms with E-state index in [2.05, 4.69) is 21.1 Å². The Kier molecular flexibility index (Phi) is 5.01. The average molecular weight is 329 g/mol. The number of pyridine rings is 1. The second-order valence-electron chi connectivity index (χ2n) is 7.22. The van der Waals surface area contributed by atoms with Gasteiger partial charge in [0.25, 0.3) is 0 Å². The van der Waals surface area contributed by atoms with Gasteiger partial charge in [-0.1, -0.05) is 0 Å². The van der Waals surface area contributed by atoms with E-state index in [0.29, 0.717) is 11.6 Å². The van der Waals surface area contributed by atoms with Gasteiger partial charge in [-0.3, -0.25) is 9.98 Å². The highest BCUT2D eigenvalue weighted by atomic mass is 16.5. The van der Waals surface area contributed by atoms with Crippen LogP contribution in [0.5, 0.6) is 0 Å². The van der Waals surface area contributed by atoms with Crippen molar-refractivity contribution in [1.82, 2.24) is 9.88 Å². The van der Waals surface area contributed by atoms with E-state index in [1.807, 2.05) is 25.3 Å². The van der Waals surface area contributed by atoms with Crippen LogP contribution in [0, 0.1) is 12.8 Å². The lowest BCUT2D eigenvalue weighted by Crippen LogP contribution is -2.31. The number of aryl methyl sites for hydroxylation is 1. The highest BCUT2D eigenvalue weighted by Crippen LogP contribution is 2.26. The predicted octanol–water partition coefficient (Wildman–Crippen LogP) is 2.73. The maximum Gasteiger partial charge on any atom is 0.101 e. The van der Waals surface area contributed by atoms with Gasteiger partial charge in [0.05, 0.1) is 17.9 Å². The van der Waals surface area contributed by atoms with Crippen LogP contribution in [0.2, 0.25) is 0 Å². The molecule has 1 fully saturated rings. The first-order valence-corrected chi connectivity index (χ1v) is 8.70. The minimum Gasteiger partial charge on any atom is -0.384 e. The van der Waals surface area contributed by atoms with Crippen LogP contribution in [0.25, 0.3) is 5.70 Å². The number of nitrogens with zero attached hydrogens (tertiary/aromatic N) is 3.